The van der Waals surface area contributed by atoms with E-state index in [9.17, 15) is 0 Å². The fraction of sp³-hybridized carbons (Fsp3) is 0.571. The summed E-state index contributed by atoms with van der Waals surface area (Å²) in [5.41, 5.74) is 0. The van der Waals surface area contributed by atoms with Crippen molar-refractivity contribution in [3.63, 3.8) is 0 Å². The van der Waals surface area contributed by atoms with Crippen LogP contribution in [0.2, 0.25) is 0 Å². The number of hydrogen-bond donors (Lipinski definition) is 1. The molecule has 0 saturated heterocycles. The minimum atomic E-state index is 0.634. The molecule has 0 heterocycles. The van der Waals surface area contributed by atoms with E-state index in [0.717, 1.165) is 24.0 Å². The Hall–Kier alpha value is -1.22. The minimum absolute atomic E-state index is 0.634. The van der Waals surface area contributed by atoms with E-state index >= 15 is 0 Å². The van der Waals surface area contributed by atoms with Crippen LogP contribution in [-0.2, 0) is 0 Å². The van der Waals surface area contributed by atoms with Gasteiger partial charge in [-0.3, -0.25) is 0 Å². The average Bonchev–Trinajstić information content (AvgIpc) is 3.19. The SMILES string of the molecule is COc1ccc(OCCN[C@@H](C)C2CC2)cc1. The van der Waals surface area contributed by atoms with Gasteiger partial charge >= 0.3 is 0 Å². The summed E-state index contributed by atoms with van der Waals surface area (Å²) in [5.74, 6) is 2.65. The summed E-state index contributed by atoms with van der Waals surface area (Å²) in [4.78, 5) is 0. The topological polar surface area (TPSA) is 30.5 Å². The van der Waals surface area contributed by atoms with Crippen molar-refractivity contribution in [3.05, 3.63) is 24.3 Å². The van der Waals surface area contributed by atoms with Crippen molar-refractivity contribution in [2.75, 3.05) is 20.3 Å². The second-order valence-electron chi connectivity index (χ2n) is 4.60. The fourth-order valence-corrected chi connectivity index (χ4v) is 1.89. The molecule has 1 aliphatic carbocycles. The van der Waals surface area contributed by atoms with E-state index in [2.05, 4.69) is 12.2 Å². The molecule has 1 saturated carbocycles. The molecule has 0 radical (unpaired) electrons. The average molecular weight is 235 g/mol. The molecule has 1 aromatic carbocycles. The Morgan fingerprint density at radius 3 is 2.47 bits per heavy atom. The van der Waals surface area contributed by atoms with Gasteiger partial charge < -0.3 is 14.8 Å². The van der Waals surface area contributed by atoms with Gasteiger partial charge in [0.2, 0.25) is 0 Å². The first-order valence-corrected chi connectivity index (χ1v) is 6.30. The Labute approximate surface area is 103 Å². The third-order valence-corrected chi connectivity index (χ3v) is 3.23. The van der Waals surface area contributed by atoms with Gasteiger partial charge in [0, 0.05) is 12.6 Å². The lowest BCUT2D eigenvalue weighted by Crippen LogP contribution is -2.31. The van der Waals surface area contributed by atoms with Crippen LogP contribution in [0.15, 0.2) is 24.3 Å². The highest BCUT2D eigenvalue weighted by Gasteiger charge is 2.27. The highest BCUT2D eigenvalue weighted by molar-refractivity contribution is 5.31. The van der Waals surface area contributed by atoms with Crippen LogP contribution in [0.5, 0.6) is 11.5 Å². The van der Waals surface area contributed by atoms with Crippen molar-refractivity contribution in [2.45, 2.75) is 25.8 Å². The van der Waals surface area contributed by atoms with E-state index in [1.807, 2.05) is 24.3 Å². The fourth-order valence-electron chi connectivity index (χ4n) is 1.89. The van der Waals surface area contributed by atoms with Gasteiger partial charge in [0.1, 0.15) is 18.1 Å². The molecule has 3 heteroatoms. The molecule has 0 bridgehead atoms. The summed E-state index contributed by atoms with van der Waals surface area (Å²) >= 11 is 0. The minimum Gasteiger partial charge on any atom is -0.497 e. The maximum atomic E-state index is 5.64. The zero-order valence-corrected chi connectivity index (χ0v) is 10.6. The van der Waals surface area contributed by atoms with Crippen LogP contribution in [0.1, 0.15) is 19.8 Å². The molecule has 0 aromatic heterocycles. The molecule has 1 N–H and O–H groups in total. The van der Waals surface area contributed by atoms with Crippen molar-refractivity contribution < 1.29 is 9.47 Å². The lowest BCUT2D eigenvalue weighted by molar-refractivity contribution is 0.302. The molecule has 17 heavy (non-hydrogen) atoms. The molecular formula is C14H21NO2. The van der Waals surface area contributed by atoms with E-state index in [1.165, 1.54) is 12.8 Å². The number of rotatable bonds is 7. The van der Waals surface area contributed by atoms with Gasteiger partial charge in [0.15, 0.2) is 0 Å². The Morgan fingerprint density at radius 2 is 1.88 bits per heavy atom. The van der Waals surface area contributed by atoms with Gasteiger partial charge in [-0.05, 0) is 49.9 Å². The second kappa shape index (κ2) is 5.92. The standard InChI is InChI=1S/C14H21NO2/c1-11(12-3-4-12)15-9-10-17-14-7-5-13(16-2)6-8-14/h5-8,11-12,15H,3-4,9-10H2,1-2H3/t11-/m0/s1. The normalized spacial score (nSPS) is 16.6. The zero-order chi connectivity index (χ0) is 12.1. The Morgan fingerprint density at radius 1 is 1.24 bits per heavy atom. The van der Waals surface area contributed by atoms with Crippen molar-refractivity contribution in [3.8, 4) is 11.5 Å². The Kier molecular flexibility index (Phi) is 4.26. The van der Waals surface area contributed by atoms with Crippen molar-refractivity contribution in [1.29, 1.82) is 0 Å². The van der Waals surface area contributed by atoms with Crippen LogP contribution in [0, 0.1) is 5.92 Å². The summed E-state index contributed by atoms with van der Waals surface area (Å²) in [5, 5.41) is 3.49. The van der Waals surface area contributed by atoms with Gasteiger partial charge in [-0.25, -0.2) is 0 Å². The van der Waals surface area contributed by atoms with Gasteiger partial charge in [-0.15, -0.1) is 0 Å². The number of benzene rings is 1. The van der Waals surface area contributed by atoms with Gasteiger partial charge in [0.05, 0.1) is 7.11 Å². The summed E-state index contributed by atoms with van der Waals surface area (Å²) in [7, 11) is 1.67. The van der Waals surface area contributed by atoms with Crippen molar-refractivity contribution in [1.82, 2.24) is 5.32 Å². The van der Waals surface area contributed by atoms with Crippen molar-refractivity contribution in [2.24, 2.45) is 5.92 Å². The first-order chi connectivity index (χ1) is 8.29. The highest BCUT2D eigenvalue weighted by atomic mass is 16.5. The van der Waals surface area contributed by atoms with Crippen LogP contribution >= 0.6 is 0 Å². The maximum absolute atomic E-state index is 5.64. The summed E-state index contributed by atoms with van der Waals surface area (Å²) in [6, 6.07) is 8.33. The third-order valence-electron chi connectivity index (χ3n) is 3.23. The molecule has 1 atom stereocenters. The predicted molar refractivity (Wildman–Crippen MR) is 68.7 cm³/mol. The molecule has 3 nitrogen and oxygen atoms in total. The first-order valence-electron chi connectivity index (χ1n) is 6.30. The number of ether oxygens (including phenoxy) is 2. The third kappa shape index (κ3) is 3.93. The van der Waals surface area contributed by atoms with Crippen LogP contribution in [0.3, 0.4) is 0 Å². The van der Waals surface area contributed by atoms with Gasteiger partial charge in [-0.1, -0.05) is 0 Å². The smallest absolute Gasteiger partial charge is 0.119 e. The predicted octanol–water partition coefficient (Wildman–Crippen LogP) is 2.46. The van der Waals surface area contributed by atoms with E-state index in [-0.39, 0.29) is 0 Å². The van der Waals surface area contributed by atoms with Crippen LogP contribution in [-0.4, -0.2) is 26.3 Å². The number of nitrogens with one attached hydrogen (secondary N) is 1. The largest absolute Gasteiger partial charge is 0.497 e. The summed E-state index contributed by atoms with van der Waals surface area (Å²) < 4.78 is 10.7. The molecule has 1 fully saturated rings. The lowest BCUT2D eigenvalue weighted by atomic mass is 10.2. The molecule has 0 spiro atoms. The molecule has 1 aromatic rings. The molecule has 1 aliphatic rings. The van der Waals surface area contributed by atoms with E-state index < -0.39 is 0 Å². The molecule has 0 unspecified atom stereocenters. The zero-order valence-electron chi connectivity index (χ0n) is 10.6. The second-order valence-corrected chi connectivity index (χ2v) is 4.60. The van der Waals surface area contributed by atoms with Gasteiger partial charge in [-0.2, -0.15) is 0 Å². The lowest BCUT2D eigenvalue weighted by Gasteiger charge is -2.13. The van der Waals surface area contributed by atoms with E-state index in [4.69, 9.17) is 9.47 Å². The highest BCUT2D eigenvalue weighted by Crippen LogP contribution is 2.32. The van der Waals surface area contributed by atoms with Crippen molar-refractivity contribution >= 4 is 0 Å². The van der Waals surface area contributed by atoms with E-state index in [0.29, 0.717) is 12.6 Å². The summed E-state index contributed by atoms with van der Waals surface area (Å²) in [6.45, 7) is 3.87. The summed E-state index contributed by atoms with van der Waals surface area (Å²) in [6.07, 6.45) is 2.76. The number of hydrogen-bond acceptors (Lipinski definition) is 3. The number of methoxy groups -OCH3 is 1. The Bertz CT molecular complexity index is 333. The molecule has 2 rings (SSSR count). The Balaban J connectivity index is 1.63. The van der Waals surface area contributed by atoms with E-state index in [1.54, 1.807) is 7.11 Å². The van der Waals surface area contributed by atoms with Gasteiger partial charge in [0.25, 0.3) is 0 Å². The maximum Gasteiger partial charge on any atom is 0.119 e. The molecule has 0 aliphatic heterocycles. The first kappa shape index (κ1) is 12.2. The monoisotopic (exact) mass is 235 g/mol. The molecular weight excluding hydrogens is 214 g/mol. The van der Waals surface area contributed by atoms with Crippen LogP contribution < -0.4 is 14.8 Å². The van der Waals surface area contributed by atoms with Crippen LogP contribution in [0.25, 0.3) is 0 Å². The molecule has 94 valence electrons. The quantitative estimate of drug-likeness (QED) is 0.736. The van der Waals surface area contributed by atoms with Crippen LogP contribution in [0.4, 0.5) is 0 Å². The molecule has 0 amide bonds.